The predicted molar refractivity (Wildman–Crippen MR) is 163 cm³/mol. The summed E-state index contributed by atoms with van der Waals surface area (Å²) in [5.74, 6) is -0.927. The van der Waals surface area contributed by atoms with Crippen molar-refractivity contribution >= 4 is 17.0 Å². The molecule has 0 amide bonds. The number of hydrogen-bond acceptors (Lipinski definition) is 5. The van der Waals surface area contributed by atoms with Gasteiger partial charge in [0.2, 0.25) is 5.88 Å². The Morgan fingerprint density at radius 3 is 2.60 bits per heavy atom. The molecule has 0 bridgehead atoms. The van der Waals surface area contributed by atoms with Gasteiger partial charge in [-0.15, -0.1) is 0 Å². The van der Waals surface area contributed by atoms with E-state index in [4.69, 9.17) is 9.47 Å². The number of imidazole rings is 1. The van der Waals surface area contributed by atoms with Crippen LogP contribution in [0.4, 0.5) is 8.78 Å². The maximum atomic E-state index is 15.4. The van der Waals surface area contributed by atoms with Gasteiger partial charge >= 0.3 is 5.97 Å². The molecule has 0 aliphatic rings. The molecule has 0 radical (unpaired) electrons. The number of carboxylic acids is 1. The Balaban J connectivity index is 1.55. The molecular weight excluding hydrogens is 552 g/mol. The number of carbonyl (C=O) groups is 1. The van der Waals surface area contributed by atoms with E-state index in [0.29, 0.717) is 63.9 Å². The summed E-state index contributed by atoms with van der Waals surface area (Å²) in [6.07, 6.45) is 3.41. The van der Waals surface area contributed by atoms with Crippen LogP contribution in [0.25, 0.3) is 22.3 Å². The fourth-order valence-electron chi connectivity index (χ4n) is 4.69. The lowest BCUT2D eigenvalue weighted by molar-refractivity contribution is 0.0697. The lowest BCUT2D eigenvalue weighted by Gasteiger charge is -2.13. The third kappa shape index (κ3) is 7.42. The number of pyridine rings is 1. The van der Waals surface area contributed by atoms with Gasteiger partial charge in [-0.05, 0) is 59.9 Å². The van der Waals surface area contributed by atoms with Crippen molar-refractivity contribution in [2.24, 2.45) is 5.92 Å². The van der Waals surface area contributed by atoms with E-state index in [9.17, 15) is 14.3 Å². The van der Waals surface area contributed by atoms with Gasteiger partial charge in [0.25, 0.3) is 0 Å². The number of rotatable bonds is 13. The van der Waals surface area contributed by atoms with Crippen molar-refractivity contribution in [2.45, 2.75) is 33.7 Å². The number of hydrogen-bond donors (Lipinski definition) is 1. The summed E-state index contributed by atoms with van der Waals surface area (Å²) in [5.41, 5.74) is 3.88. The fraction of sp³-hybridized carbons (Fsp3) is 0.265. The summed E-state index contributed by atoms with van der Waals surface area (Å²) in [5, 5.41) is 9.42. The molecule has 0 aliphatic heterocycles. The molecule has 0 saturated heterocycles. The van der Waals surface area contributed by atoms with Crippen LogP contribution in [0.1, 0.15) is 42.5 Å². The third-order valence-corrected chi connectivity index (χ3v) is 7.00. The molecule has 0 spiro atoms. The van der Waals surface area contributed by atoms with Crippen LogP contribution in [0.2, 0.25) is 0 Å². The van der Waals surface area contributed by atoms with Gasteiger partial charge in [-0.3, -0.25) is 0 Å². The predicted octanol–water partition coefficient (Wildman–Crippen LogP) is 7.56. The van der Waals surface area contributed by atoms with Crippen molar-refractivity contribution < 1.29 is 28.2 Å². The fourth-order valence-corrected chi connectivity index (χ4v) is 4.69. The number of nitrogens with zero attached hydrogens (tertiary/aromatic N) is 3. The van der Waals surface area contributed by atoms with Crippen LogP contribution in [0, 0.1) is 11.7 Å². The first kappa shape index (κ1) is 31.3. The van der Waals surface area contributed by atoms with Crippen LogP contribution in [0.3, 0.4) is 0 Å². The van der Waals surface area contributed by atoms with Gasteiger partial charge in [-0.25, -0.2) is 23.5 Å². The van der Waals surface area contributed by atoms with Crippen LogP contribution >= 0.6 is 0 Å². The molecule has 0 fully saturated rings. The number of ether oxygens (including phenoxy) is 2. The minimum atomic E-state index is -1.03. The van der Waals surface area contributed by atoms with E-state index in [0.717, 1.165) is 0 Å². The highest BCUT2D eigenvalue weighted by atomic mass is 19.1. The highest BCUT2D eigenvalue weighted by molar-refractivity contribution is 5.92. The third-order valence-electron chi connectivity index (χ3n) is 7.00. The Hall–Kier alpha value is -4.63. The van der Waals surface area contributed by atoms with Crippen molar-refractivity contribution in [3.63, 3.8) is 0 Å². The standard InChI is InChI=1S/C34H35F2N3O4/c1-6-8-26(21(2)3)33(36)22(4)20-43-32-10-7-9-28(38-32)24-12-11-23(27(35)17-24)19-31-37-29-14-13-25(34(40)41)18-30(29)39(31)15-16-42-5/h6-14,17-18,21H,1,15-16,19-20H2,2-5H3,(H,40,41)/b26-8-,33-22-. The van der Waals surface area contributed by atoms with Crippen LogP contribution in [-0.2, 0) is 17.7 Å². The molecule has 0 atom stereocenters. The van der Waals surface area contributed by atoms with Crippen LogP contribution in [-0.4, -0.2) is 45.9 Å². The van der Waals surface area contributed by atoms with Crippen molar-refractivity contribution in [2.75, 3.05) is 20.3 Å². The van der Waals surface area contributed by atoms with Crippen molar-refractivity contribution in [1.29, 1.82) is 0 Å². The normalized spacial score (nSPS) is 12.5. The van der Waals surface area contributed by atoms with Crippen LogP contribution in [0.5, 0.6) is 5.88 Å². The monoisotopic (exact) mass is 587 g/mol. The molecule has 1 N–H and O–H groups in total. The Kier molecular flexibility index (Phi) is 10.2. The molecule has 4 rings (SSSR count). The molecular formula is C34H35F2N3O4. The first-order valence-electron chi connectivity index (χ1n) is 13.9. The summed E-state index contributed by atoms with van der Waals surface area (Å²) >= 11 is 0. The highest BCUT2D eigenvalue weighted by Gasteiger charge is 2.17. The van der Waals surface area contributed by atoms with Crippen molar-refractivity contribution in [1.82, 2.24) is 14.5 Å². The largest absolute Gasteiger partial charge is 0.478 e. The zero-order valence-corrected chi connectivity index (χ0v) is 24.7. The molecule has 0 aliphatic carbocycles. The van der Waals surface area contributed by atoms with Gasteiger partial charge in [-0.2, -0.15) is 0 Å². The van der Waals surface area contributed by atoms with Gasteiger partial charge in [-0.1, -0.05) is 50.8 Å². The second-order valence-electron chi connectivity index (χ2n) is 10.4. The number of benzene rings is 2. The van der Waals surface area contributed by atoms with E-state index < -0.39 is 11.8 Å². The average molecular weight is 588 g/mol. The minimum absolute atomic E-state index is 0.00875. The second-order valence-corrected chi connectivity index (χ2v) is 10.4. The quantitative estimate of drug-likeness (QED) is 0.163. The van der Waals surface area contributed by atoms with E-state index in [1.165, 1.54) is 12.1 Å². The molecule has 9 heteroatoms. The average Bonchev–Trinajstić information content (AvgIpc) is 3.34. The van der Waals surface area contributed by atoms with Gasteiger partial charge in [0, 0.05) is 31.7 Å². The summed E-state index contributed by atoms with van der Waals surface area (Å²) in [6, 6.07) is 14.8. The van der Waals surface area contributed by atoms with Gasteiger partial charge < -0.3 is 19.1 Å². The van der Waals surface area contributed by atoms with Crippen molar-refractivity contribution in [3.8, 4) is 17.1 Å². The van der Waals surface area contributed by atoms with Crippen molar-refractivity contribution in [3.05, 3.63) is 113 Å². The number of aromatic carboxylic acids is 1. The minimum Gasteiger partial charge on any atom is -0.478 e. The number of halogens is 2. The molecule has 0 unspecified atom stereocenters. The molecule has 2 aromatic heterocycles. The zero-order chi connectivity index (χ0) is 31.1. The molecule has 7 nitrogen and oxygen atoms in total. The number of allylic oxidation sites excluding steroid dienone is 4. The zero-order valence-electron chi connectivity index (χ0n) is 24.7. The Morgan fingerprint density at radius 1 is 1.14 bits per heavy atom. The maximum Gasteiger partial charge on any atom is 0.335 e. The van der Waals surface area contributed by atoms with E-state index in [2.05, 4.69) is 16.5 Å². The summed E-state index contributed by atoms with van der Waals surface area (Å²) in [6.45, 7) is 9.97. The van der Waals surface area contributed by atoms with E-state index in [-0.39, 0.29) is 30.3 Å². The molecule has 4 aromatic rings. The SMILES string of the molecule is C=C/C=C(\C(F)=C(/C)COc1cccc(-c2ccc(Cc3nc4ccc(C(=O)O)cc4n3CCOC)c(F)c2)n1)C(C)C. The van der Waals surface area contributed by atoms with Gasteiger partial charge in [0.15, 0.2) is 0 Å². The Morgan fingerprint density at radius 2 is 1.93 bits per heavy atom. The number of methoxy groups -OCH3 is 1. The maximum absolute atomic E-state index is 15.4. The second kappa shape index (κ2) is 14.0. The topological polar surface area (TPSA) is 86.5 Å². The summed E-state index contributed by atoms with van der Waals surface area (Å²) < 4.78 is 43.3. The lowest BCUT2D eigenvalue weighted by atomic mass is 9.99. The Bertz CT molecular complexity index is 1710. The summed E-state index contributed by atoms with van der Waals surface area (Å²) in [7, 11) is 1.58. The van der Waals surface area contributed by atoms with Crippen LogP contribution in [0.15, 0.2) is 90.3 Å². The van der Waals surface area contributed by atoms with Crippen LogP contribution < -0.4 is 4.74 Å². The number of fused-ring (bicyclic) bond motifs is 1. The van der Waals surface area contributed by atoms with E-state index >= 15 is 4.39 Å². The van der Waals surface area contributed by atoms with E-state index in [1.54, 1.807) is 68.7 Å². The van der Waals surface area contributed by atoms with E-state index in [1.807, 2.05) is 18.4 Å². The number of carboxylic acid groups (broad SMARTS) is 1. The lowest BCUT2D eigenvalue weighted by Crippen LogP contribution is -2.10. The molecule has 2 aromatic carbocycles. The smallest absolute Gasteiger partial charge is 0.335 e. The molecule has 0 saturated carbocycles. The highest BCUT2D eigenvalue weighted by Crippen LogP contribution is 2.27. The Labute approximate surface area is 249 Å². The summed E-state index contributed by atoms with van der Waals surface area (Å²) in [4.78, 5) is 20.7. The first-order chi connectivity index (χ1) is 20.6. The molecule has 2 heterocycles. The van der Waals surface area contributed by atoms with Gasteiger partial charge in [0.1, 0.15) is 24.1 Å². The van der Waals surface area contributed by atoms with Gasteiger partial charge in [0.05, 0.1) is 28.9 Å². The molecule has 224 valence electrons. The molecule has 43 heavy (non-hydrogen) atoms. The first-order valence-corrected chi connectivity index (χ1v) is 13.9. The number of aromatic nitrogens is 3.